The van der Waals surface area contributed by atoms with Crippen LogP contribution in [0.5, 0.6) is 5.75 Å². The van der Waals surface area contributed by atoms with E-state index in [0.29, 0.717) is 10.0 Å². The summed E-state index contributed by atoms with van der Waals surface area (Å²) in [5, 5.41) is 9.80. The Balaban J connectivity index is 1.95. The van der Waals surface area contributed by atoms with Crippen LogP contribution in [0.4, 0.5) is 5.82 Å². The first-order valence-electron chi connectivity index (χ1n) is 8.63. The molecule has 4 nitrogen and oxygen atoms in total. The second kappa shape index (κ2) is 7.22. The van der Waals surface area contributed by atoms with Gasteiger partial charge in [-0.15, -0.1) is 0 Å². The van der Waals surface area contributed by atoms with E-state index in [2.05, 4.69) is 5.32 Å². The number of nitrogens with zero attached hydrogens (tertiary/aromatic N) is 2. The lowest BCUT2D eigenvalue weighted by Crippen LogP contribution is -2.07. The Hall–Kier alpha value is -2.17. The zero-order chi connectivity index (χ0) is 18.1. The summed E-state index contributed by atoms with van der Waals surface area (Å²) < 4.78 is 7.49. The number of anilines is 1. The maximum absolute atomic E-state index is 6.26. The predicted molar refractivity (Wildman–Crippen MR) is 107 cm³/mol. The van der Waals surface area contributed by atoms with Crippen molar-refractivity contribution in [1.82, 2.24) is 9.78 Å². The Morgan fingerprint density at radius 3 is 2.73 bits per heavy atom. The van der Waals surface area contributed by atoms with Gasteiger partial charge in [0.1, 0.15) is 17.3 Å². The van der Waals surface area contributed by atoms with Crippen LogP contribution >= 0.6 is 23.2 Å². The molecule has 1 aliphatic rings. The predicted octanol–water partition coefficient (Wildman–Crippen LogP) is 5.60. The lowest BCUT2D eigenvalue weighted by atomic mass is 10.0. The van der Waals surface area contributed by atoms with Gasteiger partial charge in [0, 0.05) is 27.7 Å². The normalized spacial score (nSPS) is 13.7. The molecule has 0 radical (unpaired) electrons. The summed E-state index contributed by atoms with van der Waals surface area (Å²) in [4.78, 5) is 0. The molecule has 0 unspecified atom stereocenters. The van der Waals surface area contributed by atoms with Gasteiger partial charge in [0.15, 0.2) is 0 Å². The molecule has 2 aromatic carbocycles. The van der Waals surface area contributed by atoms with E-state index >= 15 is 0 Å². The van der Waals surface area contributed by atoms with E-state index < -0.39 is 0 Å². The van der Waals surface area contributed by atoms with E-state index in [-0.39, 0.29) is 0 Å². The van der Waals surface area contributed by atoms with Crippen molar-refractivity contribution in [2.75, 3.05) is 19.0 Å². The molecule has 3 aromatic rings. The zero-order valence-electron chi connectivity index (χ0n) is 14.4. The number of aromatic nitrogens is 2. The van der Waals surface area contributed by atoms with Gasteiger partial charge in [0.2, 0.25) is 0 Å². The summed E-state index contributed by atoms with van der Waals surface area (Å²) in [6.45, 7) is 0.922. The monoisotopic (exact) mass is 387 g/mol. The average Bonchev–Trinajstić information content (AvgIpc) is 2.82. The molecule has 2 heterocycles. The van der Waals surface area contributed by atoms with Crippen LogP contribution in [-0.4, -0.2) is 23.4 Å². The first kappa shape index (κ1) is 17.3. The van der Waals surface area contributed by atoms with Gasteiger partial charge >= 0.3 is 0 Å². The number of halogens is 2. The minimum absolute atomic E-state index is 0.661. The Bertz CT molecular complexity index is 952. The highest BCUT2D eigenvalue weighted by molar-refractivity contribution is 6.31. The molecule has 0 fully saturated rings. The number of fused-ring (bicyclic) bond motifs is 1. The first-order valence-corrected chi connectivity index (χ1v) is 9.38. The second-order valence-corrected chi connectivity index (χ2v) is 7.17. The molecule has 0 atom stereocenters. The highest BCUT2D eigenvalue weighted by Crippen LogP contribution is 2.39. The van der Waals surface area contributed by atoms with Crippen LogP contribution in [0.2, 0.25) is 10.0 Å². The molecule has 0 aliphatic carbocycles. The van der Waals surface area contributed by atoms with E-state index in [1.54, 1.807) is 7.11 Å². The van der Waals surface area contributed by atoms with Crippen molar-refractivity contribution < 1.29 is 4.74 Å². The maximum Gasteiger partial charge on any atom is 0.133 e. The molecule has 0 amide bonds. The molecule has 26 heavy (non-hydrogen) atoms. The van der Waals surface area contributed by atoms with E-state index in [0.717, 1.165) is 54.3 Å². The van der Waals surface area contributed by atoms with Crippen LogP contribution in [0, 0.1) is 0 Å². The van der Waals surface area contributed by atoms with Crippen molar-refractivity contribution in [2.24, 2.45) is 0 Å². The number of nitrogens with one attached hydrogen (secondary N) is 1. The van der Waals surface area contributed by atoms with Crippen molar-refractivity contribution in [3.8, 4) is 22.7 Å². The molecule has 1 aliphatic heterocycles. The maximum atomic E-state index is 6.26. The van der Waals surface area contributed by atoms with Crippen molar-refractivity contribution >= 4 is 29.0 Å². The average molecular weight is 388 g/mol. The lowest BCUT2D eigenvalue weighted by molar-refractivity contribution is 0.416. The number of ether oxygens (including phenoxy) is 1. The van der Waals surface area contributed by atoms with Crippen LogP contribution in [0.25, 0.3) is 16.9 Å². The van der Waals surface area contributed by atoms with Crippen LogP contribution in [0.15, 0.2) is 42.5 Å². The van der Waals surface area contributed by atoms with Gasteiger partial charge in [0.25, 0.3) is 0 Å². The summed E-state index contributed by atoms with van der Waals surface area (Å²) in [6, 6.07) is 13.3. The Kier molecular flexibility index (Phi) is 4.79. The molecule has 0 saturated heterocycles. The molecule has 134 valence electrons. The standard InChI is InChI=1S/C20H19Cl2N3O/c1-26-18-9-8-14(22)12-17(18)19-16-7-2-3-10-23-20(16)25(24-19)15-6-4-5-13(21)11-15/h4-6,8-9,11-12,23H,2-3,7,10H2,1H3. The number of benzene rings is 2. The summed E-state index contributed by atoms with van der Waals surface area (Å²) >= 11 is 12.5. The minimum Gasteiger partial charge on any atom is -0.496 e. The molecular formula is C20H19Cl2N3O. The second-order valence-electron chi connectivity index (χ2n) is 6.30. The van der Waals surface area contributed by atoms with Gasteiger partial charge in [-0.3, -0.25) is 0 Å². The molecular weight excluding hydrogens is 369 g/mol. The minimum atomic E-state index is 0.661. The Labute approximate surface area is 162 Å². The van der Waals surface area contributed by atoms with Crippen molar-refractivity contribution in [3.05, 3.63) is 58.1 Å². The quantitative estimate of drug-likeness (QED) is 0.635. The third kappa shape index (κ3) is 3.15. The third-order valence-electron chi connectivity index (χ3n) is 4.60. The van der Waals surface area contributed by atoms with E-state index in [1.165, 1.54) is 5.56 Å². The molecule has 0 spiro atoms. The van der Waals surface area contributed by atoms with Gasteiger partial charge < -0.3 is 10.1 Å². The fourth-order valence-corrected chi connectivity index (χ4v) is 3.74. The third-order valence-corrected chi connectivity index (χ3v) is 5.07. The smallest absolute Gasteiger partial charge is 0.133 e. The van der Waals surface area contributed by atoms with Gasteiger partial charge in [-0.2, -0.15) is 5.10 Å². The van der Waals surface area contributed by atoms with Crippen molar-refractivity contribution in [3.63, 3.8) is 0 Å². The Morgan fingerprint density at radius 1 is 1.08 bits per heavy atom. The first-order chi connectivity index (χ1) is 12.7. The molecule has 4 rings (SSSR count). The lowest BCUT2D eigenvalue weighted by Gasteiger charge is -2.09. The number of hydrogen-bond acceptors (Lipinski definition) is 3. The van der Waals surface area contributed by atoms with Crippen LogP contribution in [0.1, 0.15) is 18.4 Å². The zero-order valence-corrected chi connectivity index (χ0v) is 15.9. The fourth-order valence-electron chi connectivity index (χ4n) is 3.38. The topological polar surface area (TPSA) is 39.1 Å². The van der Waals surface area contributed by atoms with Crippen LogP contribution in [-0.2, 0) is 6.42 Å². The number of methoxy groups -OCH3 is 1. The molecule has 0 saturated carbocycles. The van der Waals surface area contributed by atoms with Gasteiger partial charge in [-0.25, -0.2) is 4.68 Å². The largest absolute Gasteiger partial charge is 0.496 e. The van der Waals surface area contributed by atoms with E-state index in [1.807, 2.05) is 47.1 Å². The highest BCUT2D eigenvalue weighted by Gasteiger charge is 2.23. The van der Waals surface area contributed by atoms with Crippen LogP contribution in [0.3, 0.4) is 0 Å². The molecule has 1 aromatic heterocycles. The molecule has 1 N–H and O–H groups in total. The summed E-state index contributed by atoms with van der Waals surface area (Å²) in [7, 11) is 1.66. The van der Waals surface area contributed by atoms with Gasteiger partial charge in [-0.1, -0.05) is 29.3 Å². The van der Waals surface area contributed by atoms with Crippen LogP contribution < -0.4 is 10.1 Å². The SMILES string of the molecule is COc1ccc(Cl)cc1-c1nn(-c2cccc(Cl)c2)c2c1CCCCN2. The van der Waals surface area contributed by atoms with Crippen molar-refractivity contribution in [2.45, 2.75) is 19.3 Å². The number of hydrogen-bond donors (Lipinski definition) is 1. The highest BCUT2D eigenvalue weighted by atomic mass is 35.5. The summed E-state index contributed by atoms with van der Waals surface area (Å²) in [6.07, 6.45) is 3.18. The summed E-state index contributed by atoms with van der Waals surface area (Å²) in [5.74, 6) is 1.78. The molecule has 0 bridgehead atoms. The van der Waals surface area contributed by atoms with Gasteiger partial charge in [-0.05, 0) is 55.7 Å². The van der Waals surface area contributed by atoms with Crippen molar-refractivity contribution in [1.29, 1.82) is 0 Å². The number of rotatable bonds is 3. The van der Waals surface area contributed by atoms with Gasteiger partial charge in [0.05, 0.1) is 12.8 Å². The fraction of sp³-hybridized carbons (Fsp3) is 0.250. The van der Waals surface area contributed by atoms with E-state index in [4.69, 9.17) is 33.0 Å². The van der Waals surface area contributed by atoms with E-state index in [9.17, 15) is 0 Å². The Morgan fingerprint density at radius 2 is 1.92 bits per heavy atom. The summed E-state index contributed by atoms with van der Waals surface area (Å²) in [5.41, 5.74) is 3.91. The molecule has 6 heteroatoms.